The van der Waals surface area contributed by atoms with Gasteiger partial charge >= 0.3 is 5.97 Å². The zero-order chi connectivity index (χ0) is 23.5. The number of hydrogen-bond donors (Lipinski definition) is 1. The Bertz CT molecular complexity index is 1140. The van der Waals surface area contributed by atoms with E-state index < -0.39 is 29.7 Å². The standard InChI is InChI=1S/C23H20N2O8/c1-31-16-5-3-15(4-6-16)25-21(27)11-17(23(25)30)24(20(26)8-9-22(28)29)12-14-2-7-18-19(10-14)33-13-32-18/h2-10,17H,11-13H2,1H3,(H,28,29)/b9-8+/t17-/m0/s1. The summed E-state index contributed by atoms with van der Waals surface area (Å²) in [7, 11) is 1.50. The first-order chi connectivity index (χ1) is 15.9. The molecule has 1 saturated heterocycles. The molecule has 0 unspecified atom stereocenters. The van der Waals surface area contributed by atoms with Crippen LogP contribution in [0.3, 0.4) is 0 Å². The van der Waals surface area contributed by atoms with E-state index >= 15 is 0 Å². The second kappa shape index (κ2) is 9.03. The van der Waals surface area contributed by atoms with E-state index in [1.54, 1.807) is 42.5 Å². The van der Waals surface area contributed by atoms with E-state index in [1.807, 2.05) is 0 Å². The highest BCUT2D eigenvalue weighted by Crippen LogP contribution is 2.34. The Hall–Kier alpha value is -4.34. The fraction of sp³-hybridized carbons (Fsp3) is 0.217. The predicted octanol–water partition coefficient (Wildman–Crippen LogP) is 1.73. The Morgan fingerprint density at radius 3 is 2.55 bits per heavy atom. The van der Waals surface area contributed by atoms with Crippen LogP contribution in [0.5, 0.6) is 17.2 Å². The van der Waals surface area contributed by atoms with Gasteiger partial charge in [0, 0.05) is 18.7 Å². The van der Waals surface area contributed by atoms with E-state index in [9.17, 15) is 19.2 Å². The van der Waals surface area contributed by atoms with Gasteiger partial charge in [0.1, 0.15) is 11.8 Å². The third kappa shape index (κ3) is 4.49. The molecule has 170 valence electrons. The van der Waals surface area contributed by atoms with Gasteiger partial charge in [0.05, 0.1) is 19.2 Å². The third-order valence-electron chi connectivity index (χ3n) is 5.27. The summed E-state index contributed by atoms with van der Waals surface area (Å²) in [5, 5.41) is 8.91. The number of hydrogen-bond acceptors (Lipinski definition) is 7. The maximum Gasteiger partial charge on any atom is 0.328 e. The van der Waals surface area contributed by atoms with Gasteiger partial charge in [0.25, 0.3) is 5.91 Å². The lowest BCUT2D eigenvalue weighted by atomic mass is 10.1. The van der Waals surface area contributed by atoms with Crippen LogP contribution in [-0.2, 0) is 25.7 Å². The molecular weight excluding hydrogens is 432 g/mol. The number of benzene rings is 2. The van der Waals surface area contributed by atoms with E-state index in [4.69, 9.17) is 19.3 Å². The van der Waals surface area contributed by atoms with Crippen molar-refractivity contribution in [1.82, 2.24) is 4.90 Å². The van der Waals surface area contributed by atoms with E-state index in [0.29, 0.717) is 34.6 Å². The van der Waals surface area contributed by atoms with Crippen molar-refractivity contribution >= 4 is 29.4 Å². The maximum atomic E-state index is 13.2. The molecule has 1 N–H and O–H groups in total. The lowest BCUT2D eigenvalue weighted by Gasteiger charge is -2.27. The van der Waals surface area contributed by atoms with Crippen molar-refractivity contribution in [3.8, 4) is 17.2 Å². The van der Waals surface area contributed by atoms with Crippen molar-refractivity contribution in [3.05, 3.63) is 60.2 Å². The molecule has 2 aliphatic rings. The van der Waals surface area contributed by atoms with Gasteiger partial charge in [-0.25, -0.2) is 9.69 Å². The number of rotatable bonds is 7. The van der Waals surface area contributed by atoms with Crippen molar-refractivity contribution in [2.45, 2.75) is 19.0 Å². The molecule has 0 aliphatic carbocycles. The lowest BCUT2D eigenvalue weighted by molar-refractivity contribution is -0.135. The van der Waals surface area contributed by atoms with Crippen LogP contribution in [-0.4, -0.2) is 53.6 Å². The van der Waals surface area contributed by atoms with Gasteiger partial charge in [-0.15, -0.1) is 0 Å². The normalized spacial score (nSPS) is 17.0. The number of carbonyl (C=O) groups excluding carboxylic acids is 3. The molecular formula is C23H20N2O8. The van der Waals surface area contributed by atoms with Crippen LogP contribution in [0.1, 0.15) is 12.0 Å². The topological polar surface area (TPSA) is 123 Å². The van der Waals surface area contributed by atoms with E-state index in [0.717, 1.165) is 11.0 Å². The summed E-state index contributed by atoms with van der Waals surface area (Å²) >= 11 is 0. The molecule has 0 radical (unpaired) electrons. The van der Waals surface area contributed by atoms with Gasteiger partial charge in [-0.05, 0) is 42.0 Å². The van der Waals surface area contributed by atoms with Crippen molar-refractivity contribution in [1.29, 1.82) is 0 Å². The van der Waals surface area contributed by atoms with Crippen LogP contribution >= 0.6 is 0 Å². The minimum Gasteiger partial charge on any atom is -0.497 e. The molecule has 10 nitrogen and oxygen atoms in total. The third-order valence-corrected chi connectivity index (χ3v) is 5.27. The molecule has 33 heavy (non-hydrogen) atoms. The molecule has 0 spiro atoms. The van der Waals surface area contributed by atoms with Crippen LogP contribution in [0.25, 0.3) is 0 Å². The first-order valence-corrected chi connectivity index (χ1v) is 9.98. The summed E-state index contributed by atoms with van der Waals surface area (Å²) in [5.41, 5.74) is 0.976. The summed E-state index contributed by atoms with van der Waals surface area (Å²) in [6, 6.07) is 10.3. The van der Waals surface area contributed by atoms with Crippen LogP contribution in [0.4, 0.5) is 5.69 Å². The number of methoxy groups -OCH3 is 1. The molecule has 0 bridgehead atoms. The zero-order valence-corrected chi connectivity index (χ0v) is 17.6. The fourth-order valence-corrected chi connectivity index (χ4v) is 3.68. The number of ether oxygens (including phenoxy) is 3. The second-order valence-electron chi connectivity index (χ2n) is 7.31. The smallest absolute Gasteiger partial charge is 0.328 e. The van der Waals surface area contributed by atoms with Gasteiger partial charge in [-0.3, -0.25) is 14.4 Å². The Kier molecular flexibility index (Phi) is 5.99. The summed E-state index contributed by atoms with van der Waals surface area (Å²) < 4.78 is 15.8. The average molecular weight is 452 g/mol. The van der Waals surface area contributed by atoms with Crippen molar-refractivity contribution in [2.24, 2.45) is 0 Å². The van der Waals surface area contributed by atoms with Crippen LogP contribution < -0.4 is 19.1 Å². The maximum absolute atomic E-state index is 13.2. The minimum absolute atomic E-state index is 0.0421. The van der Waals surface area contributed by atoms with Crippen LogP contribution in [0.15, 0.2) is 54.6 Å². The Balaban J connectivity index is 1.63. The van der Waals surface area contributed by atoms with Crippen LogP contribution in [0.2, 0.25) is 0 Å². The molecule has 2 aromatic carbocycles. The molecule has 0 saturated carbocycles. The molecule has 2 aliphatic heterocycles. The van der Waals surface area contributed by atoms with Gasteiger partial charge in [0.2, 0.25) is 18.6 Å². The highest BCUT2D eigenvalue weighted by atomic mass is 16.7. The monoisotopic (exact) mass is 452 g/mol. The summed E-state index contributed by atoms with van der Waals surface area (Å²) in [6.07, 6.45) is 1.32. The highest BCUT2D eigenvalue weighted by molar-refractivity contribution is 6.23. The quantitative estimate of drug-likeness (QED) is 0.498. The van der Waals surface area contributed by atoms with Crippen LogP contribution in [0, 0.1) is 0 Å². The molecule has 10 heteroatoms. The summed E-state index contributed by atoms with van der Waals surface area (Å²) in [5.74, 6) is -1.45. The molecule has 1 fully saturated rings. The van der Waals surface area contributed by atoms with E-state index in [1.165, 1.54) is 12.0 Å². The predicted molar refractivity (Wildman–Crippen MR) is 114 cm³/mol. The molecule has 1 atom stereocenters. The minimum atomic E-state index is -1.31. The highest BCUT2D eigenvalue weighted by Gasteiger charge is 2.44. The lowest BCUT2D eigenvalue weighted by Crippen LogP contribution is -2.44. The summed E-state index contributed by atoms with van der Waals surface area (Å²) in [6.45, 7) is 0.0365. The molecule has 0 aromatic heterocycles. The Morgan fingerprint density at radius 1 is 1.12 bits per heavy atom. The molecule has 2 heterocycles. The molecule has 3 amide bonds. The largest absolute Gasteiger partial charge is 0.497 e. The first-order valence-electron chi connectivity index (χ1n) is 9.98. The van der Waals surface area contributed by atoms with Gasteiger partial charge < -0.3 is 24.2 Å². The number of nitrogens with zero attached hydrogens (tertiary/aromatic N) is 2. The SMILES string of the molecule is COc1ccc(N2C(=O)C[C@H](N(Cc3ccc4c(c3)OCO4)C(=O)/C=C/C(=O)O)C2=O)cc1. The number of amides is 3. The zero-order valence-electron chi connectivity index (χ0n) is 17.6. The van der Waals surface area contributed by atoms with Crippen molar-refractivity contribution in [2.75, 3.05) is 18.8 Å². The molecule has 4 rings (SSSR count). The number of carboxylic acids is 1. The van der Waals surface area contributed by atoms with Crippen molar-refractivity contribution < 1.29 is 38.5 Å². The second-order valence-corrected chi connectivity index (χ2v) is 7.31. The number of carboxylic acid groups (broad SMARTS) is 1. The number of aliphatic carboxylic acids is 1. The number of fused-ring (bicyclic) bond motifs is 1. The first kappa shape index (κ1) is 21.9. The average Bonchev–Trinajstić information content (AvgIpc) is 3.39. The number of anilines is 1. The van der Waals surface area contributed by atoms with E-state index in [2.05, 4.69) is 0 Å². The Labute approximate surface area is 188 Å². The van der Waals surface area contributed by atoms with E-state index in [-0.39, 0.29) is 19.8 Å². The molecule has 2 aromatic rings. The van der Waals surface area contributed by atoms with Crippen molar-refractivity contribution in [3.63, 3.8) is 0 Å². The van der Waals surface area contributed by atoms with Gasteiger partial charge in [-0.2, -0.15) is 0 Å². The van der Waals surface area contributed by atoms with Gasteiger partial charge in [0.15, 0.2) is 11.5 Å². The Morgan fingerprint density at radius 2 is 1.85 bits per heavy atom. The van der Waals surface area contributed by atoms with Gasteiger partial charge in [-0.1, -0.05) is 6.07 Å². The number of imide groups is 1. The summed E-state index contributed by atoms with van der Waals surface area (Å²) in [4.78, 5) is 51.9. The number of carbonyl (C=O) groups is 4. The fourth-order valence-electron chi connectivity index (χ4n) is 3.68.